The second kappa shape index (κ2) is 5.39. The molecule has 22 heavy (non-hydrogen) atoms. The maximum atomic E-state index is 13.8. The smallest absolute Gasteiger partial charge is 0.263 e. The van der Waals surface area contributed by atoms with Crippen LogP contribution in [0.5, 0.6) is 0 Å². The lowest BCUT2D eigenvalue weighted by molar-refractivity contribution is 0.605. The molecule has 0 bridgehead atoms. The summed E-state index contributed by atoms with van der Waals surface area (Å²) in [5.41, 5.74) is 8.85. The molecule has 2 heterocycles. The topological polar surface area (TPSA) is 47.5 Å². The molecule has 3 nitrogen and oxygen atoms in total. The van der Waals surface area contributed by atoms with Crippen LogP contribution in [0.2, 0.25) is 0 Å². The Bertz CT molecular complexity index is 898. The summed E-state index contributed by atoms with van der Waals surface area (Å²) in [4.78, 5) is 13.0. The number of aromatic nitrogens is 1. The number of nitrogens with zero attached hydrogens (tertiary/aromatic N) is 1. The van der Waals surface area contributed by atoms with E-state index >= 15 is 0 Å². The van der Waals surface area contributed by atoms with E-state index in [0.717, 1.165) is 11.1 Å². The molecule has 0 aliphatic rings. The van der Waals surface area contributed by atoms with Crippen molar-refractivity contribution in [3.8, 4) is 11.1 Å². The number of hydrogen-bond donors (Lipinski definition) is 1. The third kappa shape index (κ3) is 2.22. The summed E-state index contributed by atoms with van der Waals surface area (Å²) in [6.07, 6.45) is 0. The molecule has 0 saturated heterocycles. The fourth-order valence-corrected chi connectivity index (χ4v) is 2.76. The zero-order valence-electron chi connectivity index (χ0n) is 12.5. The first-order valence-electron chi connectivity index (χ1n) is 7.16. The molecule has 4 heteroatoms. The van der Waals surface area contributed by atoms with Gasteiger partial charge >= 0.3 is 0 Å². The monoisotopic (exact) mass is 296 g/mol. The van der Waals surface area contributed by atoms with Crippen LogP contribution in [-0.4, -0.2) is 4.40 Å². The van der Waals surface area contributed by atoms with Gasteiger partial charge in [-0.15, -0.1) is 0 Å². The van der Waals surface area contributed by atoms with E-state index in [1.807, 2.05) is 43.3 Å². The fourth-order valence-electron chi connectivity index (χ4n) is 2.76. The van der Waals surface area contributed by atoms with Crippen molar-refractivity contribution in [2.24, 2.45) is 5.73 Å². The maximum Gasteiger partial charge on any atom is 0.263 e. The van der Waals surface area contributed by atoms with E-state index in [-0.39, 0.29) is 11.6 Å². The highest BCUT2D eigenvalue weighted by Gasteiger charge is 2.17. The Kier molecular flexibility index (Phi) is 3.54. The Morgan fingerprint density at radius 3 is 2.45 bits per heavy atom. The van der Waals surface area contributed by atoms with Gasteiger partial charge in [0.05, 0.1) is 11.3 Å². The Hall–Kier alpha value is -2.46. The van der Waals surface area contributed by atoms with Gasteiger partial charge in [-0.05, 0) is 43.2 Å². The van der Waals surface area contributed by atoms with Crippen molar-refractivity contribution >= 4 is 5.52 Å². The van der Waals surface area contributed by atoms with E-state index in [0.29, 0.717) is 16.8 Å². The predicted molar refractivity (Wildman–Crippen MR) is 86.4 cm³/mol. The molecule has 0 radical (unpaired) electrons. The van der Waals surface area contributed by atoms with Gasteiger partial charge in [0.1, 0.15) is 5.82 Å². The molecule has 0 amide bonds. The molecule has 2 N–H and O–H groups in total. The van der Waals surface area contributed by atoms with Crippen LogP contribution in [0.1, 0.15) is 24.2 Å². The second-order valence-electron chi connectivity index (χ2n) is 5.46. The van der Waals surface area contributed by atoms with E-state index < -0.39 is 5.82 Å². The zero-order chi connectivity index (χ0) is 15.9. The molecule has 112 valence electrons. The average Bonchev–Trinajstić information content (AvgIpc) is 2.51. The summed E-state index contributed by atoms with van der Waals surface area (Å²) in [6, 6.07) is 13.9. The first-order chi connectivity index (χ1) is 10.5. The molecule has 0 fully saturated rings. The fraction of sp³-hybridized carbons (Fsp3) is 0.167. The van der Waals surface area contributed by atoms with Crippen molar-refractivity contribution in [3.05, 3.63) is 76.0 Å². The molecule has 0 saturated carbocycles. The van der Waals surface area contributed by atoms with Crippen LogP contribution in [0.25, 0.3) is 16.6 Å². The standard InChI is InChI=1S/C18H17FN2O/c1-11(20)15-10-14-8-9-16(19)12(2)21(14)18(22)17(15)13-6-4-3-5-7-13/h3-11H,20H2,1-2H3. The lowest BCUT2D eigenvalue weighted by Gasteiger charge is -2.16. The number of halogens is 1. The van der Waals surface area contributed by atoms with E-state index in [2.05, 4.69) is 0 Å². The van der Waals surface area contributed by atoms with E-state index in [4.69, 9.17) is 5.73 Å². The molecule has 2 aromatic heterocycles. The van der Waals surface area contributed by atoms with E-state index in [1.54, 1.807) is 13.0 Å². The van der Waals surface area contributed by atoms with Crippen LogP contribution in [0.3, 0.4) is 0 Å². The van der Waals surface area contributed by atoms with Crippen molar-refractivity contribution in [1.82, 2.24) is 4.40 Å². The molecule has 3 aromatic rings. The van der Waals surface area contributed by atoms with Crippen LogP contribution in [0.4, 0.5) is 4.39 Å². The number of fused-ring (bicyclic) bond motifs is 1. The molecular formula is C18H17FN2O. The van der Waals surface area contributed by atoms with Crippen molar-refractivity contribution in [2.45, 2.75) is 19.9 Å². The van der Waals surface area contributed by atoms with Gasteiger partial charge in [0, 0.05) is 11.6 Å². The van der Waals surface area contributed by atoms with Gasteiger partial charge in [-0.2, -0.15) is 0 Å². The van der Waals surface area contributed by atoms with Gasteiger partial charge in [0.2, 0.25) is 0 Å². The van der Waals surface area contributed by atoms with Crippen LogP contribution in [0.15, 0.2) is 53.3 Å². The number of benzene rings is 1. The van der Waals surface area contributed by atoms with Gasteiger partial charge in [-0.25, -0.2) is 4.39 Å². The van der Waals surface area contributed by atoms with Crippen LogP contribution >= 0.6 is 0 Å². The molecule has 0 aliphatic carbocycles. The van der Waals surface area contributed by atoms with E-state index in [9.17, 15) is 9.18 Å². The summed E-state index contributed by atoms with van der Waals surface area (Å²) in [5, 5.41) is 0. The average molecular weight is 296 g/mol. The predicted octanol–water partition coefficient (Wildman–Crippen LogP) is 3.43. The third-order valence-corrected chi connectivity index (χ3v) is 3.90. The highest BCUT2D eigenvalue weighted by atomic mass is 19.1. The SMILES string of the molecule is Cc1c(F)ccc2cc(C(C)N)c(-c3ccccc3)c(=O)n12. The Morgan fingerprint density at radius 2 is 1.82 bits per heavy atom. The van der Waals surface area contributed by atoms with Crippen LogP contribution in [0, 0.1) is 12.7 Å². The minimum Gasteiger partial charge on any atom is -0.324 e. The highest BCUT2D eigenvalue weighted by Crippen LogP contribution is 2.26. The number of pyridine rings is 2. The summed E-state index contributed by atoms with van der Waals surface area (Å²) in [5.74, 6) is -0.401. The molecule has 1 unspecified atom stereocenters. The molecule has 1 atom stereocenters. The van der Waals surface area contributed by atoms with Crippen LogP contribution in [-0.2, 0) is 0 Å². The Morgan fingerprint density at radius 1 is 1.14 bits per heavy atom. The number of aryl methyl sites for hydroxylation is 1. The van der Waals surface area contributed by atoms with E-state index in [1.165, 1.54) is 10.5 Å². The number of rotatable bonds is 2. The molecular weight excluding hydrogens is 279 g/mol. The van der Waals surface area contributed by atoms with Gasteiger partial charge in [0.15, 0.2) is 0 Å². The second-order valence-corrected chi connectivity index (χ2v) is 5.46. The van der Waals surface area contributed by atoms with Gasteiger partial charge in [0.25, 0.3) is 5.56 Å². The van der Waals surface area contributed by atoms with Crippen LogP contribution < -0.4 is 11.3 Å². The Labute approximate surface area is 127 Å². The molecule has 3 rings (SSSR count). The Balaban J connectivity index is 2.49. The molecule has 1 aromatic carbocycles. The normalized spacial score (nSPS) is 12.5. The van der Waals surface area contributed by atoms with Crippen molar-refractivity contribution in [2.75, 3.05) is 0 Å². The molecule has 0 aliphatic heterocycles. The van der Waals surface area contributed by atoms with Gasteiger partial charge in [-0.3, -0.25) is 9.20 Å². The van der Waals surface area contributed by atoms with Crippen molar-refractivity contribution in [1.29, 1.82) is 0 Å². The first-order valence-corrected chi connectivity index (χ1v) is 7.16. The largest absolute Gasteiger partial charge is 0.324 e. The van der Waals surface area contributed by atoms with Gasteiger partial charge in [-0.1, -0.05) is 30.3 Å². The summed E-state index contributed by atoms with van der Waals surface area (Å²) < 4.78 is 15.2. The third-order valence-electron chi connectivity index (χ3n) is 3.90. The van der Waals surface area contributed by atoms with Gasteiger partial charge < -0.3 is 5.73 Å². The quantitative estimate of drug-likeness (QED) is 0.787. The minimum absolute atomic E-state index is 0.243. The zero-order valence-corrected chi connectivity index (χ0v) is 12.5. The first kappa shape index (κ1) is 14.5. The summed E-state index contributed by atoms with van der Waals surface area (Å²) in [6.45, 7) is 3.44. The summed E-state index contributed by atoms with van der Waals surface area (Å²) >= 11 is 0. The lowest BCUT2D eigenvalue weighted by Crippen LogP contribution is -2.23. The maximum absolute atomic E-state index is 13.8. The number of hydrogen-bond acceptors (Lipinski definition) is 2. The lowest BCUT2D eigenvalue weighted by atomic mass is 9.96. The summed E-state index contributed by atoms with van der Waals surface area (Å²) in [7, 11) is 0. The number of nitrogens with two attached hydrogens (primary N) is 1. The highest BCUT2D eigenvalue weighted by molar-refractivity contribution is 5.70. The van der Waals surface area contributed by atoms with Crippen molar-refractivity contribution in [3.63, 3.8) is 0 Å². The van der Waals surface area contributed by atoms with Crippen molar-refractivity contribution < 1.29 is 4.39 Å². The minimum atomic E-state index is -0.401. The molecule has 0 spiro atoms.